The van der Waals surface area contributed by atoms with Crippen molar-refractivity contribution in [3.63, 3.8) is 0 Å². The fraction of sp³-hybridized carbons (Fsp3) is 0.520. The van der Waals surface area contributed by atoms with Gasteiger partial charge in [-0.1, -0.05) is 0 Å². The summed E-state index contributed by atoms with van der Waals surface area (Å²) in [5.41, 5.74) is 5.26. The molecule has 2 aliphatic rings. The topological polar surface area (TPSA) is 73.3 Å². The van der Waals surface area contributed by atoms with Crippen LogP contribution in [0, 0.1) is 19.8 Å². The molecule has 7 nitrogen and oxygen atoms in total. The molecule has 1 saturated heterocycles. The zero-order valence-electron chi connectivity index (χ0n) is 19.0. The van der Waals surface area contributed by atoms with E-state index < -0.39 is 0 Å². The standard InChI is InChI=1S/C25H31N5O2/c1-17-20(16-28-18(2)29-17)13-19-3-5-22(6-4-19)32-24-15-21(30-9-11-31-12-10-30)14-23-25(24)27-8-7-26-23/h7-8,14-16,19,22H,3-6,9-13H2,1-2H3. The summed E-state index contributed by atoms with van der Waals surface area (Å²) in [7, 11) is 0. The number of rotatable bonds is 5. The molecule has 1 aromatic carbocycles. The average molecular weight is 434 g/mol. The Labute approximate surface area is 189 Å². The van der Waals surface area contributed by atoms with Crippen molar-refractivity contribution in [3.8, 4) is 5.75 Å². The molecule has 1 aliphatic heterocycles. The molecule has 2 aromatic heterocycles. The van der Waals surface area contributed by atoms with Gasteiger partial charge in [0.15, 0.2) is 0 Å². The van der Waals surface area contributed by atoms with Gasteiger partial charge >= 0.3 is 0 Å². The Hall–Kier alpha value is -2.80. The molecule has 1 saturated carbocycles. The summed E-state index contributed by atoms with van der Waals surface area (Å²) in [5, 5.41) is 0. The van der Waals surface area contributed by atoms with Crippen molar-refractivity contribution < 1.29 is 9.47 Å². The second-order valence-corrected chi connectivity index (χ2v) is 8.96. The summed E-state index contributed by atoms with van der Waals surface area (Å²) in [5.74, 6) is 2.36. The number of hydrogen-bond donors (Lipinski definition) is 0. The van der Waals surface area contributed by atoms with Gasteiger partial charge in [-0.2, -0.15) is 0 Å². The first-order chi connectivity index (χ1) is 15.7. The number of aryl methyl sites for hydroxylation is 2. The Balaban J connectivity index is 1.27. The van der Waals surface area contributed by atoms with E-state index in [1.807, 2.05) is 13.1 Å². The van der Waals surface area contributed by atoms with Gasteiger partial charge < -0.3 is 14.4 Å². The van der Waals surface area contributed by atoms with Crippen molar-refractivity contribution in [3.05, 3.63) is 47.8 Å². The molecular weight excluding hydrogens is 402 g/mol. The van der Waals surface area contributed by atoms with E-state index in [-0.39, 0.29) is 6.10 Å². The number of aromatic nitrogens is 4. The minimum absolute atomic E-state index is 0.215. The van der Waals surface area contributed by atoms with E-state index in [1.54, 1.807) is 12.4 Å². The van der Waals surface area contributed by atoms with Crippen LogP contribution in [0.15, 0.2) is 30.7 Å². The van der Waals surface area contributed by atoms with E-state index in [0.717, 1.165) is 92.4 Å². The maximum absolute atomic E-state index is 6.55. The molecule has 0 atom stereocenters. The van der Waals surface area contributed by atoms with Gasteiger partial charge in [0.05, 0.1) is 24.8 Å². The molecule has 2 fully saturated rings. The Bertz CT molecular complexity index is 1080. The van der Waals surface area contributed by atoms with Gasteiger partial charge in [0, 0.05) is 49.1 Å². The molecule has 3 heterocycles. The SMILES string of the molecule is Cc1ncc(CC2CCC(Oc3cc(N4CCOCC4)cc4nccnc34)CC2)c(C)n1. The summed E-state index contributed by atoms with van der Waals surface area (Å²) >= 11 is 0. The van der Waals surface area contributed by atoms with Crippen LogP contribution in [0.4, 0.5) is 5.69 Å². The van der Waals surface area contributed by atoms with Gasteiger partial charge in [0.1, 0.15) is 17.1 Å². The average Bonchev–Trinajstić information content (AvgIpc) is 2.82. The largest absolute Gasteiger partial charge is 0.488 e. The first-order valence-electron chi connectivity index (χ1n) is 11.7. The summed E-state index contributed by atoms with van der Waals surface area (Å²) in [4.78, 5) is 20.4. The lowest BCUT2D eigenvalue weighted by Gasteiger charge is -2.31. The van der Waals surface area contributed by atoms with Gasteiger partial charge in [-0.25, -0.2) is 15.0 Å². The molecule has 5 rings (SSSR count). The van der Waals surface area contributed by atoms with Crippen LogP contribution in [0.3, 0.4) is 0 Å². The zero-order valence-corrected chi connectivity index (χ0v) is 19.0. The highest BCUT2D eigenvalue weighted by atomic mass is 16.5. The number of hydrogen-bond acceptors (Lipinski definition) is 7. The van der Waals surface area contributed by atoms with Crippen LogP contribution in [0.2, 0.25) is 0 Å². The Morgan fingerprint density at radius 1 is 1.00 bits per heavy atom. The normalized spacial score (nSPS) is 21.6. The second kappa shape index (κ2) is 9.36. The quantitative estimate of drug-likeness (QED) is 0.601. The second-order valence-electron chi connectivity index (χ2n) is 8.96. The van der Waals surface area contributed by atoms with Gasteiger partial charge in [-0.3, -0.25) is 4.98 Å². The van der Waals surface area contributed by atoms with Crippen LogP contribution in [-0.4, -0.2) is 52.3 Å². The number of ether oxygens (including phenoxy) is 2. The maximum Gasteiger partial charge on any atom is 0.149 e. The molecule has 1 aliphatic carbocycles. The van der Waals surface area contributed by atoms with Crippen LogP contribution < -0.4 is 9.64 Å². The zero-order chi connectivity index (χ0) is 21.9. The number of nitrogens with zero attached hydrogens (tertiary/aromatic N) is 5. The molecule has 3 aromatic rings. The van der Waals surface area contributed by atoms with Crippen LogP contribution in [0.1, 0.15) is 42.8 Å². The maximum atomic E-state index is 6.55. The molecule has 7 heteroatoms. The fourth-order valence-corrected chi connectivity index (χ4v) is 4.88. The highest BCUT2D eigenvalue weighted by Crippen LogP contribution is 2.34. The summed E-state index contributed by atoms with van der Waals surface area (Å²) in [6, 6.07) is 4.25. The lowest BCUT2D eigenvalue weighted by Crippen LogP contribution is -2.36. The Morgan fingerprint density at radius 3 is 2.56 bits per heavy atom. The van der Waals surface area contributed by atoms with E-state index in [0.29, 0.717) is 5.92 Å². The number of fused-ring (bicyclic) bond motifs is 1. The van der Waals surface area contributed by atoms with E-state index in [4.69, 9.17) is 9.47 Å². The lowest BCUT2D eigenvalue weighted by molar-refractivity contribution is 0.122. The van der Waals surface area contributed by atoms with Crippen molar-refractivity contribution in [1.82, 2.24) is 19.9 Å². The van der Waals surface area contributed by atoms with Crippen molar-refractivity contribution in [1.29, 1.82) is 0 Å². The van der Waals surface area contributed by atoms with Crippen LogP contribution in [-0.2, 0) is 11.2 Å². The number of morpholine rings is 1. The van der Waals surface area contributed by atoms with Gasteiger partial charge in [0.25, 0.3) is 0 Å². The molecular formula is C25H31N5O2. The van der Waals surface area contributed by atoms with Crippen molar-refractivity contribution >= 4 is 16.7 Å². The smallest absolute Gasteiger partial charge is 0.149 e. The predicted octanol–water partition coefficient (Wildman–Crippen LogP) is 4.05. The van der Waals surface area contributed by atoms with Crippen molar-refractivity contribution in [2.75, 3.05) is 31.2 Å². The third-order valence-corrected chi connectivity index (χ3v) is 6.70. The molecule has 0 radical (unpaired) electrons. The number of benzene rings is 1. The monoisotopic (exact) mass is 433 g/mol. The molecule has 0 unspecified atom stereocenters. The molecule has 0 bridgehead atoms. The van der Waals surface area contributed by atoms with E-state index in [9.17, 15) is 0 Å². The number of anilines is 1. The highest BCUT2D eigenvalue weighted by Gasteiger charge is 2.25. The van der Waals surface area contributed by atoms with Gasteiger partial charge in [-0.05, 0) is 63.5 Å². The Morgan fingerprint density at radius 2 is 1.78 bits per heavy atom. The molecule has 0 amide bonds. The van der Waals surface area contributed by atoms with E-state index in [2.05, 4.69) is 43.9 Å². The van der Waals surface area contributed by atoms with Gasteiger partial charge in [0.2, 0.25) is 0 Å². The third kappa shape index (κ3) is 4.67. The first-order valence-corrected chi connectivity index (χ1v) is 11.7. The third-order valence-electron chi connectivity index (χ3n) is 6.70. The van der Waals surface area contributed by atoms with E-state index in [1.165, 1.54) is 5.56 Å². The molecule has 0 spiro atoms. The first kappa shape index (κ1) is 21.1. The van der Waals surface area contributed by atoms with Crippen LogP contribution in [0.5, 0.6) is 5.75 Å². The predicted molar refractivity (Wildman–Crippen MR) is 124 cm³/mol. The molecule has 32 heavy (non-hydrogen) atoms. The van der Waals surface area contributed by atoms with E-state index >= 15 is 0 Å². The fourth-order valence-electron chi connectivity index (χ4n) is 4.88. The minimum atomic E-state index is 0.215. The summed E-state index contributed by atoms with van der Waals surface area (Å²) in [6.45, 7) is 7.32. The van der Waals surface area contributed by atoms with Crippen molar-refractivity contribution in [2.24, 2.45) is 5.92 Å². The van der Waals surface area contributed by atoms with Crippen LogP contribution in [0.25, 0.3) is 11.0 Å². The minimum Gasteiger partial charge on any atom is -0.488 e. The molecule has 168 valence electrons. The van der Waals surface area contributed by atoms with Crippen molar-refractivity contribution in [2.45, 2.75) is 52.1 Å². The lowest BCUT2D eigenvalue weighted by atomic mass is 9.83. The Kier molecular flexibility index (Phi) is 6.17. The van der Waals surface area contributed by atoms with Crippen LogP contribution >= 0.6 is 0 Å². The highest BCUT2D eigenvalue weighted by molar-refractivity contribution is 5.85. The summed E-state index contributed by atoms with van der Waals surface area (Å²) < 4.78 is 12.1. The molecule has 0 N–H and O–H groups in total. The summed E-state index contributed by atoms with van der Waals surface area (Å²) in [6.07, 6.45) is 11.2. The van der Waals surface area contributed by atoms with Gasteiger partial charge in [-0.15, -0.1) is 0 Å².